The average molecular weight is 321 g/mol. The summed E-state index contributed by atoms with van der Waals surface area (Å²) in [7, 11) is 0. The molecule has 0 unspecified atom stereocenters. The molecule has 0 aliphatic heterocycles. The van der Waals surface area contributed by atoms with Gasteiger partial charge < -0.3 is 5.11 Å². The lowest BCUT2D eigenvalue weighted by molar-refractivity contribution is 0.0697. The van der Waals surface area contributed by atoms with Crippen LogP contribution in [0.4, 0.5) is 0 Å². The number of rotatable bonds is 3. The second-order valence-electron chi connectivity index (χ2n) is 5.83. The van der Waals surface area contributed by atoms with Gasteiger partial charge in [-0.1, -0.05) is 56.3 Å². The van der Waals surface area contributed by atoms with Gasteiger partial charge >= 0.3 is 5.97 Å². The van der Waals surface area contributed by atoms with Gasteiger partial charge in [-0.15, -0.1) is 0 Å². The van der Waals surface area contributed by atoms with E-state index in [1.54, 1.807) is 12.1 Å². The minimum Gasteiger partial charge on any atom is -0.478 e. The Labute approximate surface area is 134 Å². The molecule has 0 radical (unpaired) electrons. The average Bonchev–Trinajstić information content (AvgIpc) is 2.40. The number of halogens is 1. The molecule has 2 rings (SSSR count). The highest BCUT2D eigenvalue weighted by Crippen LogP contribution is 2.35. The van der Waals surface area contributed by atoms with Crippen molar-refractivity contribution in [1.82, 2.24) is 0 Å². The minimum absolute atomic E-state index is 0.129. The molecular formula is C17H17ClO2S. The zero-order valence-electron chi connectivity index (χ0n) is 12.2. The van der Waals surface area contributed by atoms with Crippen molar-refractivity contribution in [3.8, 4) is 0 Å². The third kappa shape index (κ3) is 4.02. The van der Waals surface area contributed by atoms with Crippen molar-refractivity contribution in [3.63, 3.8) is 0 Å². The van der Waals surface area contributed by atoms with E-state index in [2.05, 4.69) is 45.0 Å². The van der Waals surface area contributed by atoms with E-state index in [-0.39, 0.29) is 11.0 Å². The quantitative estimate of drug-likeness (QED) is 0.812. The maximum atomic E-state index is 10.9. The van der Waals surface area contributed by atoms with E-state index in [9.17, 15) is 4.79 Å². The van der Waals surface area contributed by atoms with E-state index in [1.165, 1.54) is 23.4 Å². The summed E-state index contributed by atoms with van der Waals surface area (Å²) in [5.74, 6) is -0.969. The van der Waals surface area contributed by atoms with Crippen LogP contribution in [0.15, 0.2) is 52.3 Å². The Morgan fingerprint density at radius 3 is 2.19 bits per heavy atom. The molecule has 2 nitrogen and oxygen atoms in total. The van der Waals surface area contributed by atoms with Gasteiger partial charge in [-0.2, -0.15) is 0 Å². The highest BCUT2D eigenvalue weighted by molar-refractivity contribution is 7.99. The van der Waals surface area contributed by atoms with Crippen molar-refractivity contribution in [1.29, 1.82) is 0 Å². The molecule has 0 spiro atoms. The molecule has 0 fully saturated rings. The third-order valence-corrected chi connectivity index (χ3v) is 4.64. The lowest BCUT2D eigenvalue weighted by Crippen LogP contribution is -2.10. The van der Waals surface area contributed by atoms with Crippen molar-refractivity contribution in [2.24, 2.45) is 0 Å². The maximum absolute atomic E-state index is 10.9. The second-order valence-corrected chi connectivity index (χ2v) is 7.35. The third-order valence-electron chi connectivity index (χ3n) is 3.13. The molecule has 4 heteroatoms. The van der Waals surface area contributed by atoms with E-state index >= 15 is 0 Å². The minimum atomic E-state index is -0.969. The summed E-state index contributed by atoms with van der Waals surface area (Å²) in [6.07, 6.45) is 0. The summed E-state index contributed by atoms with van der Waals surface area (Å²) < 4.78 is 0. The Morgan fingerprint density at radius 1 is 1.10 bits per heavy atom. The number of hydrogen-bond acceptors (Lipinski definition) is 2. The molecule has 21 heavy (non-hydrogen) atoms. The lowest BCUT2D eigenvalue weighted by atomic mass is 9.87. The molecular weight excluding hydrogens is 304 g/mol. The SMILES string of the molecule is CC(C)(C)c1ccc(Sc2ccc(C(=O)O)cc2Cl)cc1. The Bertz CT molecular complexity index is 657. The maximum Gasteiger partial charge on any atom is 0.335 e. The van der Waals surface area contributed by atoms with Crippen LogP contribution in [0, 0.1) is 0 Å². The van der Waals surface area contributed by atoms with Gasteiger partial charge in [-0.25, -0.2) is 4.79 Å². The van der Waals surface area contributed by atoms with E-state index in [1.807, 2.05) is 0 Å². The van der Waals surface area contributed by atoms with E-state index in [0.717, 1.165) is 9.79 Å². The number of hydrogen-bond donors (Lipinski definition) is 1. The van der Waals surface area contributed by atoms with Gasteiger partial charge in [0.05, 0.1) is 10.6 Å². The lowest BCUT2D eigenvalue weighted by Gasteiger charge is -2.19. The fourth-order valence-corrected chi connectivity index (χ4v) is 2.98. The molecule has 1 N–H and O–H groups in total. The van der Waals surface area contributed by atoms with Crippen LogP contribution < -0.4 is 0 Å². The van der Waals surface area contributed by atoms with Crippen LogP contribution in [-0.4, -0.2) is 11.1 Å². The van der Waals surface area contributed by atoms with Crippen LogP contribution >= 0.6 is 23.4 Å². The van der Waals surface area contributed by atoms with Crippen molar-refractivity contribution in [2.75, 3.05) is 0 Å². The monoisotopic (exact) mass is 320 g/mol. The molecule has 0 saturated carbocycles. The van der Waals surface area contributed by atoms with Crippen LogP contribution in [0.1, 0.15) is 36.7 Å². The normalized spacial score (nSPS) is 11.4. The topological polar surface area (TPSA) is 37.3 Å². The van der Waals surface area contributed by atoms with Crippen LogP contribution in [0.3, 0.4) is 0 Å². The Hall–Kier alpha value is -1.45. The van der Waals surface area contributed by atoms with Gasteiger partial charge in [0.25, 0.3) is 0 Å². The predicted octanol–water partition coefficient (Wildman–Crippen LogP) is 5.49. The highest BCUT2D eigenvalue weighted by atomic mass is 35.5. The fourth-order valence-electron chi connectivity index (χ4n) is 1.87. The van der Waals surface area contributed by atoms with E-state index < -0.39 is 5.97 Å². The number of carbonyl (C=O) groups is 1. The molecule has 2 aromatic rings. The van der Waals surface area contributed by atoms with E-state index in [4.69, 9.17) is 16.7 Å². The van der Waals surface area contributed by atoms with Crippen molar-refractivity contribution in [2.45, 2.75) is 36.0 Å². The smallest absolute Gasteiger partial charge is 0.335 e. The van der Waals surface area contributed by atoms with Gasteiger partial charge in [0.15, 0.2) is 0 Å². The summed E-state index contributed by atoms with van der Waals surface area (Å²) >= 11 is 7.67. The van der Waals surface area contributed by atoms with Gasteiger partial charge in [0.1, 0.15) is 0 Å². The zero-order valence-corrected chi connectivity index (χ0v) is 13.8. The van der Waals surface area contributed by atoms with Gasteiger partial charge in [0.2, 0.25) is 0 Å². The van der Waals surface area contributed by atoms with Crippen LogP contribution in [-0.2, 0) is 5.41 Å². The molecule has 0 aliphatic carbocycles. The van der Waals surface area contributed by atoms with Gasteiger partial charge in [-0.3, -0.25) is 0 Å². The van der Waals surface area contributed by atoms with Gasteiger partial charge in [-0.05, 0) is 41.3 Å². The highest BCUT2D eigenvalue weighted by Gasteiger charge is 2.13. The Kier molecular flexibility index (Phi) is 4.64. The summed E-state index contributed by atoms with van der Waals surface area (Å²) in [5, 5.41) is 9.39. The van der Waals surface area contributed by atoms with Gasteiger partial charge in [0, 0.05) is 9.79 Å². The first-order valence-corrected chi connectivity index (χ1v) is 7.78. The molecule has 0 amide bonds. The fraction of sp³-hybridized carbons (Fsp3) is 0.235. The molecule has 0 aromatic heterocycles. The number of carboxylic acids is 1. The molecule has 2 aromatic carbocycles. The molecule has 0 aliphatic rings. The summed E-state index contributed by atoms with van der Waals surface area (Å²) in [6.45, 7) is 6.53. The first-order valence-electron chi connectivity index (χ1n) is 6.58. The standard InChI is InChI=1S/C17H17ClO2S/c1-17(2,3)12-5-7-13(8-6-12)21-15-9-4-11(16(19)20)10-14(15)18/h4-10H,1-3H3,(H,19,20). The summed E-state index contributed by atoms with van der Waals surface area (Å²) in [5.41, 5.74) is 1.61. The first kappa shape index (κ1) is 15.9. The van der Waals surface area contributed by atoms with Crippen LogP contribution in [0.5, 0.6) is 0 Å². The van der Waals surface area contributed by atoms with Crippen molar-refractivity contribution in [3.05, 3.63) is 58.6 Å². The largest absolute Gasteiger partial charge is 0.478 e. The predicted molar refractivity (Wildman–Crippen MR) is 87.7 cm³/mol. The zero-order chi connectivity index (χ0) is 15.6. The second kappa shape index (κ2) is 6.12. The number of carboxylic acid groups (broad SMARTS) is 1. The molecule has 0 saturated heterocycles. The molecule has 110 valence electrons. The summed E-state index contributed by atoms with van der Waals surface area (Å²) in [4.78, 5) is 12.8. The number of benzene rings is 2. The molecule has 0 heterocycles. The van der Waals surface area contributed by atoms with Crippen molar-refractivity contribution >= 4 is 29.3 Å². The Balaban J connectivity index is 2.20. The number of aromatic carboxylic acids is 1. The molecule has 0 bridgehead atoms. The van der Waals surface area contributed by atoms with Crippen LogP contribution in [0.25, 0.3) is 0 Å². The van der Waals surface area contributed by atoms with E-state index in [0.29, 0.717) is 5.02 Å². The molecule has 0 atom stereocenters. The first-order chi connectivity index (χ1) is 9.77. The summed E-state index contributed by atoms with van der Waals surface area (Å²) in [6, 6.07) is 13.1. The van der Waals surface area contributed by atoms with Crippen molar-refractivity contribution < 1.29 is 9.90 Å². The van der Waals surface area contributed by atoms with Crippen LogP contribution in [0.2, 0.25) is 5.02 Å². The Morgan fingerprint density at radius 2 is 1.71 bits per heavy atom.